The van der Waals surface area contributed by atoms with Crippen LogP contribution in [-0.2, 0) is 4.79 Å². The maximum absolute atomic E-state index is 12.1. The van der Waals surface area contributed by atoms with Gasteiger partial charge in [-0.2, -0.15) is 0 Å². The summed E-state index contributed by atoms with van der Waals surface area (Å²) < 4.78 is 0. The SMILES string of the molecule is O=C(CCN1CCC[C@@H]1c1nccs1)NC1CCCCC1. The first-order valence-corrected chi connectivity index (χ1v) is 9.14. The fourth-order valence-corrected chi connectivity index (χ4v) is 4.37. The Morgan fingerprint density at radius 3 is 2.90 bits per heavy atom. The zero-order chi connectivity index (χ0) is 14.5. The molecule has 21 heavy (non-hydrogen) atoms. The van der Waals surface area contributed by atoms with Crippen molar-refractivity contribution in [3.05, 3.63) is 16.6 Å². The quantitative estimate of drug-likeness (QED) is 0.909. The highest BCUT2D eigenvalue weighted by atomic mass is 32.1. The summed E-state index contributed by atoms with van der Waals surface area (Å²) in [5, 5.41) is 6.47. The molecule has 1 saturated carbocycles. The molecule has 2 fully saturated rings. The van der Waals surface area contributed by atoms with E-state index >= 15 is 0 Å². The molecule has 1 aromatic heterocycles. The van der Waals surface area contributed by atoms with Crippen LogP contribution in [0, 0.1) is 0 Å². The van der Waals surface area contributed by atoms with Crippen molar-refractivity contribution in [3.8, 4) is 0 Å². The van der Waals surface area contributed by atoms with Crippen LogP contribution in [0.3, 0.4) is 0 Å². The third-order valence-electron chi connectivity index (χ3n) is 4.70. The Labute approximate surface area is 130 Å². The van der Waals surface area contributed by atoms with Crippen LogP contribution in [0.2, 0.25) is 0 Å². The molecule has 1 saturated heterocycles. The first-order valence-electron chi connectivity index (χ1n) is 8.26. The van der Waals surface area contributed by atoms with E-state index in [0.29, 0.717) is 18.5 Å². The summed E-state index contributed by atoms with van der Waals surface area (Å²) in [5.74, 6) is 0.228. The molecule has 116 valence electrons. The van der Waals surface area contributed by atoms with Crippen molar-refractivity contribution in [2.45, 2.75) is 63.5 Å². The molecule has 0 aromatic carbocycles. The van der Waals surface area contributed by atoms with E-state index < -0.39 is 0 Å². The number of hydrogen-bond acceptors (Lipinski definition) is 4. The van der Waals surface area contributed by atoms with Crippen LogP contribution in [0.25, 0.3) is 0 Å². The maximum Gasteiger partial charge on any atom is 0.221 e. The molecule has 5 heteroatoms. The van der Waals surface area contributed by atoms with E-state index in [1.165, 1.54) is 37.1 Å². The van der Waals surface area contributed by atoms with E-state index in [9.17, 15) is 4.79 Å². The molecule has 2 aliphatic rings. The van der Waals surface area contributed by atoms with Crippen molar-refractivity contribution < 1.29 is 4.79 Å². The van der Waals surface area contributed by atoms with E-state index in [-0.39, 0.29) is 5.91 Å². The lowest BCUT2D eigenvalue weighted by molar-refractivity contribution is -0.122. The van der Waals surface area contributed by atoms with Gasteiger partial charge in [0.1, 0.15) is 5.01 Å². The molecular weight excluding hydrogens is 282 g/mol. The Hall–Kier alpha value is -0.940. The molecule has 1 aromatic rings. The number of aromatic nitrogens is 1. The third-order valence-corrected chi connectivity index (χ3v) is 5.57. The highest BCUT2D eigenvalue weighted by molar-refractivity contribution is 7.09. The Morgan fingerprint density at radius 1 is 1.29 bits per heavy atom. The largest absolute Gasteiger partial charge is 0.353 e. The van der Waals surface area contributed by atoms with Crippen LogP contribution in [0.1, 0.15) is 62.4 Å². The van der Waals surface area contributed by atoms with E-state index in [2.05, 4.69) is 15.2 Å². The van der Waals surface area contributed by atoms with Crippen molar-refractivity contribution in [1.82, 2.24) is 15.2 Å². The van der Waals surface area contributed by atoms with E-state index in [4.69, 9.17) is 0 Å². The molecular formula is C16H25N3OS. The van der Waals surface area contributed by atoms with Crippen LogP contribution < -0.4 is 5.32 Å². The van der Waals surface area contributed by atoms with E-state index in [1.54, 1.807) is 11.3 Å². The molecule has 1 N–H and O–H groups in total. The van der Waals surface area contributed by atoms with Crippen LogP contribution >= 0.6 is 11.3 Å². The first-order chi connectivity index (χ1) is 10.3. The normalized spacial score (nSPS) is 24.3. The molecule has 0 spiro atoms. The van der Waals surface area contributed by atoms with Crippen molar-refractivity contribution in [3.63, 3.8) is 0 Å². The maximum atomic E-state index is 12.1. The smallest absolute Gasteiger partial charge is 0.221 e. The second-order valence-electron chi connectivity index (χ2n) is 6.22. The molecule has 0 unspecified atom stereocenters. The van der Waals surface area contributed by atoms with Crippen LogP contribution in [0.4, 0.5) is 0 Å². The van der Waals surface area contributed by atoms with Gasteiger partial charge < -0.3 is 5.32 Å². The molecule has 1 amide bonds. The van der Waals surface area contributed by atoms with Crippen LogP contribution in [0.15, 0.2) is 11.6 Å². The van der Waals surface area contributed by atoms with Crippen molar-refractivity contribution in [1.29, 1.82) is 0 Å². The van der Waals surface area contributed by atoms with Gasteiger partial charge in [0.15, 0.2) is 0 Å². The van der Waals surface area contributed by atoms with Crippen molar-refractivity contribution >= 4 is 17.2 Å². The lowest BCUT2D eigenvalue weighted by atomic mass is 9.95. The minimum atomic E-state index is 0.228. The number of likely N-dealkylation sites (tertiary alicyclic amines) is 1. The monoisotopic (exact) mass is 307 g/mol. The predicted octanol–water partition coefficient (Wildman–Crippen LogP) is 3.12. The van der Waals surface area contributed by atoms with E-state index in [1.807, 2.05) is 11.6 Å². The van der Waals surface area contributed by atoms with Gasteiger partial charge >= 0.3 is 0 Å². The Morgan fingerprint density at radius 2 is 2.14 bits per heavy atom. The van der Waals surface area contributed by atoms with Crippen molar-refractivity contribution in [2.24, 2.45) is 0 Å². The third kappa shape index (κ3) is 4.04. The van der Waals surface area contributed by atoms with Gasteiger partial charge in [0, 0.05) is 30.6 Å². The lowest BCUT2D eigenvalue weighted by Gasteiger charge is -2.25. The Balaban J connectivity index is 1.44. The molecule has 1 aliphatic carbocycles. The first kappa shape index (κ1) is 15.0. The molecule has 0 radical (unpaired) electrons. The van der Waals surface area contributed by atoms with E-state index in [0.717, 1.165) is 25.9 Å². The van der Waals surface area contributed by atoms with Gasteiger partial charge in [-0.3, -0.25) is 9.69 Å². The van der Waals surface area contributed by atoms with Gasteiger partial charge in [-0.25, -0.2) is 4.98 Å². The number of thiazole rings is 1. The minimum absolute atomic E-state index is 0.228. The molecule has 2 heterocycles. The summed E-state index contributed by atoms with van der Waals surface area (Å²) in [5.41, 5.74) is 0. The number of nitrogens with one attached hydrogen (secondary N) is 1. The van der Waals surface area contributed by atoms with Gasteiger partial charge in [0.2, 0.25) is 5.91 Å². The standard InChI is InChI=1S/C16H25N3OS/c20-15(18-13-5-2-1-3-6-13)8-11-19-10-4-7-14(19)16-17-9-12-21-16/h9,12-14H,1-8,10-11H2,(H,18,20)/t14-/m1/s1. The van der Waals surface area contributed by atoms with Crippen LogP contribution in [0.5, 0.6) is 0 Å². The summed E-state index contributed by atoms with van der Waals surface area (Å²) in [6, 6.07) is 0.868. The summed E-state index contributed by atoms with van der Waals surface area (Å²) in [6.45, 7) is 1.96. The number of amides is 1. The van der Waals surface area contributed by atoms with Crippen LogP contribution in [-0.4, -0.2) is 34.9 Å². The highest BCUT2D eigenvalue weighted by Crippen LogP contribution is 2.32. The number of hydrogen-bond donors (Lipinski definition) is 1. The zero-order valence-electron chi connectivity index (χ0n) is 12.6. The molecule has 0 bridgehead atoms. The average Bonchev–Trinajstić information content (AvgIpc) is 3.17. The van der Waals surface area contributed by atoms with Gasteiger partial charge in [-0.1, -0.05) is 19.3 Å². The molecule has 3 rings (SSSR count). The molecule has 1 atom stereocenters. The van der Waals surface area contributed by atoms with Crippen molar-refractivity contribution in [2.75, 3.05) is 13.1 Å². The second kappa shape index (κ2) is 7.36. The Kier molecular flexibility index (Phi) is 5.25. The van der Waals surface area contributed by atoms with Gasteiger partial charge in [-0.15, -0.1) is 11.3 Å². The average molecular weight is 307 g/mol. The second-order valence-corrected chi connectivity index (χ2v) is 7.14. The minimum Gasteiger partial charge on any atom is -0.353 e. The summed E-state index contributed by atoms with van der Waals surface area (Å²) in [4.78, 5) is 19.0. The number of rotatable bonds is 5. The Bertz CT molecular complexity index is 442. The molecule has 1 aliphatic heterocycles. The summed E-state index contributed by atoms with van der Waals surface area (Å²) in [7, 11) is 0. The highest BCUT2D eigenvalue weighted by Gasteiger charge is 2.28. The lowest BCUT2D eigenvalue weighted by Crippen LogP contribution is -2.38. The number of nitrogens with zero attached hydrogens (tertiary/aromatic N) is 2. The van der Waals surface area contributed by atoms with Gasteiger partial charge in [0.25, 0.3) is 0 Å². The topological polar surface area (TPSA) is 45.2 Å². The fourth-order valence-electron chi connectivity index (χ4n) is 3.56. The number of carbonyl (C=O) groups excluding carboxylic acids is 1. The summed E-state index contributed by atoms with van der Waals surface area (Å²) >= 11 is 1.73. The zero-order valence-corrected chi connectivity index (χ0v) is 13.4. The predicted molar refractivity (Wildman–Crippen MR) is 85.3 cm³/mol. The number of carbonyl (C=O) groups is 1. The van der Waals surface area contributed by atoms with Gasteiger partial charge in [0.05, 0.1) is 6.04 Å². The summed E-state index contributed by atoms with van der Waals surface area (Å²) in [6.07, 6.45) is 11.1. The molecule has 4 nitrogen and oxygen atoms in total. The fraction of sp³-hybridized carbons (Fsp3) is 0.750. The van der Waals surface area contributed by atoms with Gasteiger partial charge in [-0.05, 0) is 32.2 Å².